The van der Waals surface area contributed by atoms with Crippen molar-refractivity contribution in [3.05, 3.63) is 59.7 Å². The summed E-state index contributed by atoms with van der Waals surface area (Å²) in [6.45, 7) is 6.94. The van der Waals surface area contributed by atoms with E-state index in [0.29, 0.717) is 29.0 Å². The molecule has 2 unspecified atom stereocenters. The average Bonchev–Trinajstić information content (AvgIpc) is 2.87. The van der Waals surface area contributed by atoms with E-state index in [2.05, 4.69) is 16.6 Å². The van der Waals surface area contributed by atoms with Crippen LogP contribution < -0.4 is 21.1 Å². The second-order valence-corrected chi connectivity index (χ2v) is 9.75. The minimum atomic E-state index is -1.38. The SMILES string of the molecule is C#Cc1ccccc1C(C(=O)Nc1ccc(OC)cc1)N(CCC)C(=O)C(CC(N)=O)NC(=O)OC(C)(C)C. The van der Waals surface area contributed by atoms with Gasteiger partial charge >= 0.3 is 6.09 Å². The van der Waals surface area contributed by atoms with E-state index in [-0.39, 0.29) is 6.54 Å². The number of carbonyl (C=O) groups is 4. The van der Waals surface area contributed by atoms with Crippen LogP contribution in [0.25, 0.3) is 0 Å². The first-order valence-corrected chi connectivity index (χ1v) is 12.5. The summed E-state index contributed by atoms with van der Waals surface area (Å²) in [4.78, 5) is 53.4. The van der Waals surface area contributed by atoms with Gasteiger partial charge in [-0.1, -0.05) is 31.0 Å². The molecule has 208 valence electrons. The van der Waals surface area contributed by atoms with Crippen LogP contribution >= 0.6 is 0 Å². The van der Waals surface area contributed by atoms with Crippen LogP contribution in [0.4, 0.5) is 10.5 Å². The number of hydrogen-bond donors (Lipinski definition) is 3. The van der Waals surface area contributed by atoms with E-state index in [1.54, 1.807) is 69.3 Å². The molecule has 0 spiro atoms. The van der Waals surface area contributed by atoms with Gasteiger partial charge in [0, 0.05) is 17.8 Å². The summed E-state index contributed by atoms with van der Waals surface area (Å²) in [5, 5.41) is 5.27. The number of methoxy groups -OCH3 is 1. The van der Waals surface area contributed by atoms with Gasteiger partial charge in [-0.25, -0.2) is 4.79 Å². The molecule has 2 aromatic carbocycles. The van der Waals surface area contributed by atoms with Crippen molar-refractivity contribution in [2.24, 2.45) is 5.73 Å². The maximum atomic E-state index is 13.9. The molecule has 39 heavy (non-hydrogen) atoms. The molecule has 0 fully saturated rings. The van der Waals surface area contributed by atoms with E-state index in [9.17, 15) is 19.2 Å². The largest absolute Gasteiger partial charge is 0.497 e. The number of primary amides is 1. The number of nitrogens with zero attached hydrogens (tertiary/aromatic N) is 1. The average molecular weight is 537 g/mol. The third kappa shape index (κ3) is 9.07. The van der Waals surface area contributed by atoms with Crippen LogP contribution in [0.3, 0.4) is 0 Å². The highest BCUT2D eigenvalue weighted by molar-refractivity contribution is 6.00. The van der Waals surface area contributed by atoms with Crippen molar-refractivity contribution < 1.29 is 28.7 Å². The predicted octanol–water partition coefficient (Wildman–Crippen LogP) is 3.36. The number of alkyl carbamates (subject to hydrolysis) is 1. The number of amides is 4. The Kier molecular flexibility index (Phi) is 10.9. The molecule has 10 heteroatoms. The fourth-order valence-corrected chi connectivity index (χ4v) is 3.86. The van der Waals surface area contributed by atoms with Crippen molar-refractivity contribution in [2.75, 3.05) is 19.0 Å². The molecule has 2 aromatic rings. The fraction of sp³-hybridized carbons (Fsp3) is 0.379. The highest BCUT2D eigenvalue weighted by Gasteiger charge is 2.37. The maximum Gasteiger partial charge on any atom is 0.408 e. The summed E-state index contributed by atoms with van der Waals surface area (Å²) in [5.41, 5.74) is 5.84. The summed E-state index contributed by atoms with van der Waals surface area (Å²) < 4.78 is 10.5. The third-order valence-electron chi connectivity index (χ3n) is 5.47. The minimum absolute atomic E-state index is 0.115. The normalized spacial score (nSPS) is 12.3. The van der Waals surface area contributed by atoms with Gasteiger partial charge in [-0.15, -0.1) is 6.42 Å². The molecule has 0 aliphatic carbocycles. The minimum Gasteiger partial charge on any atom is -0.497 e. The number of terminal acetylenes is 1. The third-order valence-corrected chi connectivity index (χ3v) is 5.47. The van der Waals surface area contributed by atoms with Crippen LogP contribution in [0.1, 0.15) is 57.7 Å². The Morgan fingerprint density at radius 1 is 1.08 bits per heavy atom. The summed E-state index contributed by atoms with van der Waals surface area (Å²) >= 11 is 0. The second kappa shape index (κ2) is 13.9. The molecular weight excluding hydrogens is 500 g/mol. The molecule has 0 saturated heterocycles. The maximum absolute atomic E-state index is 13.9. The van der Waals surface area contributed by atoms with Crippen LogP contribution in [0.2, 0.25) is 0 Å². The zero-order chi connectivity index (χ0) is 29.2. The molecule has 0 bridgehead atoms. The lowest BCUT2D eigenvalue weighted by Crippen LogP contribution is -2.53. The van der Waals surface area contributed by atoms with E-state index < -0.39 is 47.9 Å². The number of rotatable bonds is 11. The van der Waals surface area contributed by atoms with Crippen molar-refractivity contribution in [2.45, 2.75) is 58.2 Å². The van der Waals surface area contributed by atoms with E-state index in [1.165, 1.54) is 12.0 Å². The van der Waals surface area contributed by atoms with Gasteiger partial charge in [-0.3, -0.25) is 14.4 Å². The van der Waals surface area contributed by atoms with Crippen LogP contribution in [-0.2, 0) is 19.1 Å². The number of carbonyl (C=O) groups excluding carboxylic acids is 4. The molecule has 0 aliphatic heterocycles. The first kappa shape index (κ1) is 30.7. The first-order valence-electron chi connectivity index (χ1n) is 12.5. The Hall–Kier alpha value is -4.52. The number of benzene rings is 2. The summed E-state index contributed by atoms with van der Waals surface area (Å²) in [5.74, 6) is 1.12. The van der Waals surface area contributed by atoms with Crippen molar-refractivity contribution in [3.63, 3.8) is 0 Å². The van der Waals surface area contributed by atoms with Gasteiger partial charge in [-0.2, -0.15) is 0 Å². The number of nitrogens with two attached hydrogens (primary N) is 1. The molecule has 0 heterocycles. The molecular formula is C29H36N4O6. The van der Waals surface area contributed by atoms with Crippen LogP contribution in [-0.4, -0.2) is 54.0 Å². The number of hydrogen-bond acceptors (Lipinski definition) is 6. The standard InChI is InChI=1S/C29H36N4O6/c1-7-17-33(27(36)23(18-24(30)34)32-28(37)39-29(3,4)5)25(22-12-10-9-11-19(22)8-2)26(35)31-20-13-15-21(38-6)16-14-20/h2,9-16,23,25H,7,17-18H2,1,3-6H3,(H2,30,34)(H,31,35)(H,32,37). The smallest absolute Gasteiger partial charge is 0.408 e. The molecule has 0 radical (unpaired) electrons. The van der Waals surface area contributed by atoms with Crippen molar-refractivity contribution >= 4 is 29.5 Å². The predicted molar refractivity (Wildman–Crippen MR) is 148 cm³/mol. The Morgan fingerprint density at radius 2 is 1.72 bits per heavy atom. The van der Waals surface area contributed by atoms with Gasteiger partial charge in [0.1, 0.15) is 23.4 Å². The monoisotopic (exact) mass is 536 g/mol. The van der Waals surface area contributed by atoms with Crippen LogP contribution in [0.5, 0.6) is 5.75 Å². The number of anilines is 1. The lowest BCUT2D eigenvalue weighted by molar-refractivity contribution is -0.141. The molecule has 0 saturated carbocycles. The Bertz CT molecular complexity index is 1210. The topological polar surface area (TPSA) is 140 Å². The lowest BCUT2D eigenvalue weighted by Gasteiger charge is -2.34. The molecule has 2 atom stereocenters. The summed E-state index contributed by atoms with van der Waals surface area (Å²) in [6.07, 6.45) is 4.80. The van der Waals surface area contributed by atoms with E-state index >= 15 is 0 Å². The zero-order valence-corrected chi connectivity index (χ0v) is 22.9. The Morgan fingerprint density at radius 3 is 2.26 bits per heavy atom. The summed E-state index contributed by atoms with van der Waals surface area (Å²) in [7, 11) is 1.53. The number of ether oxygens (including phenoxy) is 2. The van der Waals surface area contributed by atoms with Crippen LogP contribution in [0, 0.1) is 12.3 Å². The molecule has 4 amide bonds. The quantitative estimate of drug-likeness (QED) is 0.376. The first-order chi connectivity index (χ1) is 18.4. The Balaban J connectivity index is 2.55. The van der Waals surface area contributed by atoms with Gasteiger partial charge in [-0.05, 0) is 63.1 Å². The van der Waals surface area contributed by atoms with Gasteiger partial charge in [0.2, 0.25) is 11.8 Å². The highest BCUT2D eigenvalue weighted by atomic mass is 16.6. The van der Waals surface area contributed by atoms with Crippen molar-refractivity contribution in [3.8, 4) is 18.1 Å². The fourth-order valence-electron chi connectivity index (χ4n) is 3.86. The van der Waals surface area contributed by atoms with E-state index in [0.717, 1.165) is 0 Å². The van der Waals surface area contributed by atoms with Crippen LogP contribution in [0.15, 0.2) is 48.5 Å². The highest BCUT2D eigenvalue weighted by Crippen LogP contribution is 2.28. The zero-order valence-electron chi connectivity index (χ0n) is 22.9. The Labute approximate surface area is 229 Å². The molecule has 10 nitrogen and oxygen atoms in total. The lowest BCUT2D eigenvalue weighted by atomic mass is 9.97. The second-order valence-electron chi connectivity index (χ2n) is 9.75. The molecule has 0 aromatic heterocycles. The molecule has 2 rings (SSSR count). The van der Waals surface area contributed by atoms with Gasteiger partial charge in [0.05, 0.1) is 13.5 Å². The summed E-state index contributed by atoms with van der Waals surface area (Å²) in [6, 6.07) is 10.9. The van der Waals surface area contributed by atoms with Crippen molar-refractivity contribution in [1.82, 2.24) is 10.2 Å². The molecule has 0 aliphatic rings. The van der Waals surface area contributed by atoms with Gasteiger partial charge in [0.25, 0.3) is 5.91 Å². The van der Waals surface area contributed by atoms with E-state index in [4.69, 9.17) is 21.6 Å². The van der Waals surface area contributed by atoms with Gasteiger partial charge < -0.3 is 30.7 Å². The molecule has 4 N–H and O–H groups in total. The van der Waals surface area contributed by atoms with Crippen molar-refractivity contribution in [1.29, 1.82) is 0 Å². The van der Waals surface area contributed by atoms with E-state index in [1.807, 2.05) is 6.92 Å². The number of nitrogens with one attached hydrogen (secondary N) is 2. The van der Waals surface area contributed by atoms with Gasteiger partial charge in [0.15, 0.2) is 0 Å².